The van der Waals surface area contributed by atoms with Crippen LogP contribution in [0.2, 0.25) is 0 Å². The molecule has 122 valence electrons. The Balaban J connectivity index is 1.88. The van der Waals surface area contributed by atoms with Crippen LogP contribution in [0.25, 0.3) is 0 Å². The molecule has 0 aliphatic carbocycles. The van der Waals surface area contributed by atoms with E-state index in [1.165, 1.54) is 0 Å². The monoisotopic (exact) mass is 380 g/mol. The van der Waals surface area contributed by atoms with E-state index in [1.807, 2.05) is 13.0 Å². The van der Waals surface area contributed by atoms with Crippen molar-refractivity contribution in [1.82, 2.24) is 5.43 Å². The van der Waals surface area contributed by atoms with Gasteiger partial charge in [0.15, 0.2) is 6.61 Å². The lowest BCUT2D eigenvalue weighted by Crippen LogP contribution is -2.25. The normalized spacial score (nSPS) is 11.2. The van der Waals surface area contributed by atoms with Gasteiger partial charge in [-0.25, -0.2) is 5.43 Å². The number of hydrogen-bond acceptors (Lipinski definition) is 5. The molecule has 0 aliphatic heterocycles. The van der Waals surface area contributed by atoms with Crippen LogP contribution in [-0.2, 0) is 4.79 Å². The van der Waals surface area contributed by atoms with Crippen LogP contribution in [0.15, 0.2) is 44.3 Å². The smallest absolute Gasteiger partial charge is 0.277 e. The number of amides is 1. The van der Waals surface area contributed by atoms with Gasteiger partial charge in [-0.1, -0.05) is 0 Å². The average Bonchev–Trinajstić information content (AvgIpc) is 2.97. The van der Waals surface area contributed by atoms with Crippen LogP contribution in [-0.4, -0.2) is 25.3 Å². The molecule has 0 saturated carbocycles. The minimum Gasteiger partial charge on any atom is -0.497 e. The third-order valence-corrected chi connectivity index (χ3v) is 3.56. The summed E-state index contributed by atoms with van der Waals surface area (Å²) in [6.45, 7) is 3.44. The largest absolute Gasteiger partial charge is 0.497 e. The molecule has 0 spiro atoms. The van der Waals surface area contributed by atoms with Gasteiger partial charge in [0.05, 0.1) is 11.6 Å². The first-order valence-electron chi connectivity index (χ1n) is 6.86. The number of benzene rings is 1. The van der Waals surface area contributed by atoms with E-state index >= 15 is 0 Å². The van der Waals surface area contributed by atoms with Crippen molar-refractivity contribution in [1.29, 1.82) is 0 Å². The van der Waals surface area contributed by atoms with Crippen molar-refractivity contribution < 1.29 is 18.7 Å². The number of halogens is 1. The van der Waals surface area contributed by atoms with Gasteiger partial charge in [0.1, 0.15) is 28.7 Å². The summed E-state index contributed by atoms with van der Waals surface area (Å²) in [5.74, 6) is 2.27. The Labute approximate surface area is 142 Å². The predicted octanol–water partition coefficient (Wildman–Crippen LogP) is 3.28. The van der Waals surface area contributed by atoms with Crippen molar-refractivity contribution in [2.24, 2.45) is 5.10 Å². The maximum absolute atomic E-state index is 11.8. The summed E-state index contributed by atoms with van der Waals surface area (Å²) in [7, 11) is 1.58. The van der Waals surface area contributed by atoms with Crippen LogP contribution in [0, 0.1) is 6.92 Å². The number of carbonyl (C=O) groups excluding carboxylic acids is 1. The third-order valence-electron chi connectivity index (χ3n) is 2.94. The SMILES string of the molecule is COc1ccc(OCC(=O)NN=C(C)c2ccc(C)o2)c(Br)c1. The van der Waals surface area contributed by atoms with Gasteiger partial charge in [0, 0.05) is 0 Å². The minimum absolute atomic E-state index is 0.154. The summed E-state index contributed by atoms with van der Waals surface area (Å²) in [6.07, 6.45) is 0. The number of aryl methyl sites for hydroxylation is 1. The first kappa shape index (κ1) is 17.1. The van der Waals surface area contributed by atoms with Gasteiger partial charge < -0.3 is 13.9 Å². The van der Waals surface area contributed by atoms with Crippen LogP contribution in [0.4, 0.5) is 0 Å². The van der Waals surface area contributed by atoms with E-state index in [1.54, 1.807) is 38.3 Å². The lowest BCUT2D eigenvalue weighted by Gasteiger charge is -2.08. The van der Waals surface area contributed by atoms with Gasteiger partial charge in [-0.3, -0.25) is 4.79 Å². The zero-order valence-corrected chi connectivity index (χ0v) is 14.6. The van der Waals surface area contributed by atoms with E-state index in [0.29, 0.717) is 27.4 Å². The Morgan fingerprint density at radius 2 is 2.13 bits per heavy atom. The molecule has 0 radical (unpaired) electrons. The van der Waals surface area contributed by atoms with Gasteiger partial charge >= 0.3 is 0 Å². The average molecular weight is 381 g/mol. The second-order valence-corrected chi connectivity index (χ2v) is 5.58. The Hall–Kier alpha value is -2.28. The second-order valence-electron chi connectivity index (χ2n) is 4.73. The maximum Gasteiger partial charge on any atom is 0.277 e. The lowest BCUT2D eigenvalue weighted by atomic mass is 10.3. The number of carbonyl (C=O) groups is 1. The zero-order valence-electron chi connectivity index (χ0n) is 13.1. The van der Waals surface area contributed by atoms with E-state index in [9.17, 15) is 4.79 Å². The van der Waals surface area contributed by atoms with Gasteiger partial charge in [0.25, 0.3) is 5.91 Å². The van der Waals surface area contributed by atoms with E-state index in [0.717, 1.165) is 5.76 Å². The molecule has 7 heteroatoms. The third kappa shape index (κ3) is 4.85. The molecule has 0 unspecified atom stereocenters. The number of rotatable bonds is 6. The van der Waals surface area contributed by atoms with E-state index in [-0.39, 0.29) is 12.5 Å². The van der Waals surface area contributed by atoms with Gasteiger partial charge in [-0.2, -0.15) is 5.10 Å². The summed E-state index contributed by atoms with van der Waals surface area (Å²) in [5.41, 5.74) is 3.01. The molecule has 6 nitrogen and oxygen atoms in total. The molecule has 0 fully saturated rings. The summed E-state index contributed by atoms with van der Waals surface area (Å²) in [6, 6.07) is 8.86. The molecular weight excluding hydrogens is 364 g/mol. The summed E-state index contributed by atoms with van der Waals surface area (Å²) >= 11 is 3.36. The number of nitrogens with zero attached hydrogens (tertiary/aromatic N) is 1. The van der Waals surface area contributed by atoms with Crippen LogP contribution < -0.4 is 14.9 Å². The highest BCUT2D eigenvalue weighted by atomic mass is 79.9. The first-order chi connectivity index (χ1) is 11.0. The number of ether oxygens (including phenoxy) is 2. The molecule has 1 heterocycles. The van der Waals surface area contributed by atoms with Gasteiger partial charge in [-0.05, 0) is 60.1 Å². The van der Waals surface area contributed by atoms with E-state index in [2.05, 4.69) is 26.5 Å². The first-order valence-corrected chi connectivity index (χ1v) is 7.65. The second kappa shape index (κ2) is 7.82. The summed E-state index contributed by atoms with van der Waals surface area (Å²) in [5, 5.41) is 3.98. The molecule has 0 aliphatic rings. The number of methoxy groups -OCH3 is 1. The predicted molar refractivity (Wildman–Crippen MR) is 90.0 cm³/mol. The van der Waals surface area contributed by atoms with Gasteiger partial charge in [0.2, 0.25) is 0 Å². The number of furan rings is 1. The topological polar surface area (TPSA) is 73.1 Å². The number of nitrogens with one attached hydrogen (secondary N) is 1. The molecule has 2 aromatic rings. The van der Waals surface area contributed by atoms with Crippen molar-refractivity contribution in [3.05, 3.63) is 46.3 Å². The van der Waals surface area contributed by atoms with Crippen LogP contribution in [0.3, 0.4) is 0 Å². The molecular formula is C16H17BrN2O4. The Kier molecular flexibility index (Phi) is 5.81. The van der Waals surface area contributed by atoms with Crippen molar-refractivity contribution >= 4 is 27.5 Å². The Morgan fingerprint density at radius 1 is 1.35 bits per heavy atom. The lowest BCUT2D eigenvalue weighted by molar-refractivity contribution is -0.123. The molecule has 0 saturated heterocycles. The molecule has 1 aromatic heterocycles. The molecule has 0 atom stereocenters. The highest BCUT2D eigenvalue weighted by Gasteiger charge is 2.07. The molecule has 1 amide bonds. The molecule has 2 rings (SSSR count). The quantitative estimate of drug-likeness (QED) is 0.616. The molecule has 1 N–H and O–H groups in total. The fourth-order valence-corrected chi connectivity index (χ4v) is 2.20. The summed E-state index contributed by atoms with van der Waals surface area (Å²) < 4.78 is 16.6. The molecule has 1 aromatic carbocycles. The molecule has 23 heavy (non-hydrogen) atoms. The van der Waals surface area contributed by atoms with Crippen molar-refractivity contribution in [3.63, 3.8) is 0 Å². The Morgan fingerprint density at radius 3 is 2.74 bits per heavy atom. The minimum atomic E-state index is -0.365. The fourth-order valence-electron chi connectivity index (χ4n) is 1.73. The highest BCUT2D eigenvalue weighted by Crippen LogP contribution is 2.28. The maximum atomic E-state index is 11.8. The van der Waals surface area contributed by atoms with E-state index in [4.69, 9.17) is 13.9 Å². The zero-order chi connectivity index (χ0) is 16.8. The van der Waals surface area contributed by atoms with Gasteiger partial charge in [-0.15, -0.1) is 0 Å². The standard InChI is InChI=1S/C16H17BrN2O4/c1-10-4-6-14(23-10)11(2)18-19-16(20)9-22-15-7-5-12(21-3)8-13(15)17/h4-8H,9H2,1-3H3,(H,19,20). The van der Waals surface area contributed by atoms with Crippen molar-refractivity contribution in [2.75, 3.05) is 13.7 Å². The van der Waals surface area contributed by atoms with Crippen LogP contribution >= 0.6 is 15.9 Å². The van der Waals surface area contributed by atoms with Crippen molar-refractivity contribution in [2.45, 2.75) is 13.8 Å². The number of hydrazone groups is 1. The highest BCUT2D eigenvalue weighted by molar-refractivity contribution is 9.10. The van der Waals surface area contributed by atoms with E-state index < -0.39 is 0 Å². The summed E-state index contributed by atoms with van der Waals surface area (Å²) in [4.78, 5) is 11.8. The van der Waals surface area contributed by atoms with Crippen LogP contribution in [0.1, 0.15) is 18.4 Å². The fraction of sp³-hybridized carbons (Fsp3) is 0.250. The van der Waals surface area contributed by atoms with Crippen LogP contribution in [0.5, 0.6) is 11.5 Å². The molecule has 0 bridgehead atoms. The number of hydrogen-bond donors (Lipinski definition) is 1. The van der Waals surface area contributed by atoms with Crippen molar-refractivity contribution in [3.8, 4) is 11.5 Å². The Bertz CT molecular complexity index is 725.